The average molecular weight is 674 g/mol. The Morgan fingerprint density at radius 2 is 1.60 bits per heavy atom. The van der Waals surface area contributed by atoms with Crippen LogP contribution >= 0.6 is 11.6 Å². The molecular weight excluding hydrogens is 630 g/mol. The third-order valence-corrected chi connectivity index (χ3v) is 12.0. The van der Waals surface area contributed by atoms with Crippen LogP contribution in [-0.4, -0.2) is 40.6 Å². The van der Waals surface area contributed by atoms with Gasteiger partial charge in [0.1, 0.15) is 5.82 Å². The number of amides is 2. The fourth-order valence-corrected chi connectivity index (χ4v) is 9.46. The fraction of sp³-hybridized carbons (Fsp3) is 0.405. The van der Waals surface area contributed by atoms with Crippen LogP contribution in [0, 0.1) is 26.7 Å². The molecule has 3 aromatic carbocycles. The van der Waals surface area contributed by atoms with Gasteiger partial charge in [-0.2, -0.15) is 9.40 Å². The Kier molecular flexibility index (Phi) is 9.02. The van der Waals surface area contributed by atoms with Gasteiger partial charge in [-0.3, -0.25) is 5.32 Å². The molecule has 2 bridgehead atoms. The zero-order valence-electron chi connectivity index (χ0n) is 28.0. The molecule has 0 spiro atoms. The van der Waals surface area contributed by atoms with Gasteiger partial charge in [-0.05, 0) is 112 Å². The summed E-state index contributed by atoms with van der Waals surface area (Å²) in [6.07, 6.45) is 4.22. The van der Waals surface area contributed by atoms with Crippen LogP contribution in [0.3, 0.4) is 0 Å². The van der Waals surface area contributed by atoms with Crippen LogP contribution in [0.4, 0.5) is 16.3 Å². The molecule has 2 aliphatic heterocycles. The van der Waals surface area contributed by atoms with E-state index in [0.29, 0.717) is 32.9 Å². The monoisotopic (exact) mass is 673 g/mol. The van der Waals surface area contributed by atoms with Gasteiger partial charge in [-0.1, -0.05) is 62.2 Å². The number of piperidine rings is 1. The molecule has 2 amide bonds. The van der Waals surface area contributed by atoms with E-state index < -0.39 is 10.0 Å². The normalized spacial score (nSPS) is 19.9. The number of carbonyl (C=O) groups excluding carboxylic acids is 1. The van der Waals surface area contributed by atoms with Crippen LogP contribution in [0.1, 0.15) is 74.4 Å². The van der Waals surface area contributed by atoms with Crippen molar-refractivity contribution in [3.8, 4) is 5.69 Å². The first-order chi connectivity index (χ1) is 22.2. The van der Waals surface area contributed by atoms with E-state index in [1.807, 2.05) is 69.3 Å². The van der Waals surface area contributed by atoms with Crippen LogP contribution in [-0.2, 0) is 21.9 Å². The summed E-state index contributed by atoms with van der Waals surface area (Å²) in [7, 11) is -3.63. The van der Waals surface area contributed by atoms with Crippen LogP contribution in [0.2, 0.25) is 5.02 Å². The highest BCUT2D eigenvalue weighted by Gasteiger charge is 2.47. The average Bonchev–Trinajstić information content (AvgIpc) is 3.54. The summed E-state index contributed by atoms with van der Waals surface area (Å²) >= 11 is 6.27. The van der Waals surface area contributed by atoms with Crippen molar-refractivity contribution in [2.45, 2.75) is 96.0 Å². The summed E-state index contributed by atoms with van der Waals surface area (Å²) in [6, 6.07) is 21.0. The van der Waals surface area contributed by atoms with Crippen LogP contribution < -0.4 is 10.6 Å². The second-order valence-corrected chi connectivity index (χ2v) is 16.5. The Bertz CT molecular complexity index is 1900. The fourth-order valence-electron chi connectivity index (χ4n) is 7.06. The number of aromatic nitrogens is 2. The predicted octanol–water partition coefficient (Wildman–Crippen LogP) is 8.57. The van der Waals surface area contributed by atoms with E-state index in [2.05, 4.69) is 37.5 Å². The standard InChI is InChI=1S/C37H44ClN5O3S/c1-23-10-12-29(13-11-23)42-35(22-34(41-42)37(4,5)6)40-36(44)39-28-9-7-8-26(19-28)18-27-20-30-14-15-31(21-27)43(30)47(45,46)33-17-24(2)32(38)16-25(33)3/h7-13,16-17,19,22,27,30-31H,14-15,18,20-21H2,1-6H3,(H2,39,40,44). The van der Waals surface area contributed by atoms with Gasteiger partial charge in [0.2, 0.25) is 10.0 Å². The van der Waals surface area contributed by atoms with E-state index in [1.54, 1.807) is 21.1 Å². The quantitative estimate of drug-likeness (QED) is 0.205. The molecule has 4 aromatic rings. The van der Waals surface area contributed by atoms with Crippen molar-refractivity contribution in [3.05, 3.63) is 99.7 Å². The molecule has 3 heterocycles. The molecule has 248 valence electrons. The van der Waals surface area contributed by atoms with E-state index >= 15 is 0 Å². The minimum absolute atomic E-state index is 0.0115. The number of halogens is 1. The number of carbonyl (C=O) groups is 1. The van der Waals surface area contributed by atoms with Crippen LogP contribution in [0.15, 0.2) is 71.6 Å². The minimum Gasteiger partial charge on any atom is -0.308 e. The summed E-state index contributed by atoms with van der Waals surface area (Å²) in [5.74, 6) is 0.948. The first kappa shape index (κ1) is 33.2. The molecule has 0 aliphatic carbocycles. The first-order valence-electron chi connectivity index (χ1n) is 16.3. The Balaban J connectivity index is 1.13. The Labute approximate surface area is 283 Å². The van der Waals surface area contributed by atoms with Crippen molar-refractivity contribution >= 4 is 39.2 Å². The maximum Gasteiger partial charge on any atom is 0.324 e. The van der Waals surface area contributed by atoms with Gasteiger partial charge in [-0.15, -0.1) is 0 Å². The molecule has 10 heteroatoms. The molecule has 0 radical (unpaired) electrons. The maximum absolute atomic E-state index is 13.9. The summed E-state index contributed by atoms with van der Waals surface area (Å²) in [5, 5.41) is 11.4. The SMILES string of the molecule is Cc1ccc(-n2nc(C(C)(C)C)cc2NC(=O)Nc2cccc(CC3CC4CCC(C3)N4S(=O)(=O)c3cc(C)c(Cl)cc3C)c2)cc1. The molecule has 2 atom stereocenters. The number of anilines is 2. The van der Waals surface area contributed by atoms with Gasteiger partial charge in [0.05, 0.1) is 16.3 Å². The largest absolute Gasteiger partial charge is 0.324 e. The van der Waals surface area contributed by atoms with Gasteiger partial charge in [0.25, 0.3) is 0 Å². The number of aryl methyl sites for hydroxylation is 3. The van der Waals surface area contributed by atoms with Crippen molar-refractivity contribution in [1.29, 1.82) is 0 Å². The number of hydrogen-bond donors (Lipinski definition) is 2. The van der Waals surface area contributed by atoms with Gasteiger partial charge in [0.15, 0.2) is 0 Å². The van der Waals surface area contributed by atoms with Gasteiger partial charge < -0.3 is 5.32 Å². The van der Waals surface area contributed by atoms with E-state index in [0.717, 1.165) is 60.2 Å². The minimum atomic E-state index is -3.63. The van der Waals surface area contributed by atoms with Crippen molar-refractivity contribution in [1.82, 2.24) is 14.1 Å². The number of nitrogens with one attached hydrogen (secondary N) is 2. The molecule has 2 N–H and O–H groups in total. The van der Waals surface area contributed by atoms with Crippen molar-refractivity contribution in [2.75, 3.05) is 10.6 Å². The van der Waals surface area contributed by atoms with Crippen molar-refractivity contribution in [3.63, 3.8) is 0 Å². The molecule has 1 aromatic heterocycles. The number of hydrogen-bond acceptors (Lipinski definition) is 4. The Hall–Kier alpha value is -3.66. The summed E-state index contributed by atoms with van der Waals surface area (Å²) in [5.41, 5.74) is 5.98. The van der Waals surface area contributed by atoms with E-state index in [4.69, 9.17) is 16.7 Å². The molecule has 6 rings (SSSR count). The molecule has 2 fully saturated rings. The smallest absolute Gasteiger partial charge is 0.308 e. The highest BCUT2D eigenvalue weighted by molar-refractivity contribution is 7.89. The van der Waals surface area contributed by atoms with E-state index in [9.17, 15) is 13.2 Å². The van der Waals surface area contributed by atoms with Crippen molar-refractivity contribution in [2.24, 2.45) is 5.92 Å². The zero-order chi connectivity index (χ0) is 33.7. The summed E-state index contributed by atoms with van der Waals surface area (Å²) < 4.78 is 31.3. The third kappa shape index (κ3) is 6.98. The third-order valence-electron chi connectivity index (χ3n) is 9.48. The summed E-state index contributed by atoms with van der Waals surface area (Å²) in [6.45, 7) is 12.0. The molecule has 2 unspecified atom stereocenters. The van der Waals surface area contributed by atoms with Crippen LogP contribution in [0.5, 0.6) is 0 Å². The number of rotatable bonds is 7. The molecule has 0 saturated carbocycles. The summed E-state index contributed by atoms with van der Waals surface area (Å²) in [4.78, 5) is 13.6. The molecule has 47 heavy (non-hydrogen) atoms. The Morgan fingerprint density at radius 1 is 0.915 bits per heavy atom. The second-order valence-electron chi connectivity index (χ2n) is 14.3. The lowest BCUT2D eigenvalue weighted by Gasteiger charge is -2.38. The van der Waals surface area contributed by atoms with E-state index in [1.165, 1.54) is 0 Å². The maximum atomic E-state index is 13.9. The number of fused-ring (bicyclic) bond motifs is 2. The lowest BCUT2D eigenvalue weighted by atomic mass is 9.87. The van der Waals surface area contributed by atoms with Gasteiger partial charge in [0, 0.05) is 34.3 Å². The van der Waals surface area contributed by atoms with Crippen molar-refractivity contribution < 1.29 is 13.2 Å². The lowest BCUT2D eigenvalue weighted by molar-refractivity contribution is 0.190. The second kappa shape index (κ2) is 12.7. The Morgan fingerprint density at radius 3 is 2.26 bits per heavy atom. The van der Waals surface area contributed by atoms with E-state index in [-0.39, 0.29) is 23.5 Å². The molecule has 2 saturated heterocycles. The number of sulfonamides is 1. The van der Waals surface area contributed by atoms with Gasteiger partial charge in [-0.25, -0.2) is 17.9 Å². The number of urea groups is 1. The highest BCUT2D eigenvalue weighted by atomic mass is 35.5. The first-order valence-corrected chi connectivity index (χ1v) is 18.2. The van der Waals surface area contributed by atoms with Gasteiger partial charge >= 0.3 is 6.03 Å². The predicted molar refractivity (Wildman–Crippen MR) is 189 cm³/mol. The molecular formula is C37H44ClN5O3S. The highest BCUT2D eigenvalue weighted by Crippen LogP contribution is 2.44. The number of nitrogens with zero attached hydrogens (tertiary/aromatic N) is 3. The molecule has 2 aliphatic rings. The van der Waals surface area contributed by atoms with Crippen LogP contribution in [0.25, 0.3) is 5.69 Å². The number of benzene rings is 3. The molecule has 8 nitrogen and oxygen atoms in total. The zero-order valence-corrected chi connectivity index (χ0v) is 29.5. The topological polar surface area (TPSA) is 96.3 Å². The lowest BCUT2D eigenvalue weighted by Crippen LogP contribution is -2.46.